The second kappa shape index (κ2) is 8.97. The smallest absolute Gasteiger partial charge is 0.0459 e. The molecule has 0 aliphatic heterocycles. The second-order valence-corrected chi connectivity index (χ2v) is 3.13. The standard InChI is InChI=1S/C9H20O3/c10-6-2-1-4-9(8-12)5-3-7-11/h9-12H,1-8H2. The lowest BCUT2D eigenvalue weighted by atomic mass is 9.98. The van der Waals surface area contributed by atoms with E-state index in [1.165, 1.54) is 0 Å². The molecule has 0 saturated carbocycles. The van der Waals surface area contributed by atoms with Gasteiger partial charge in [-0.15, -0.1) is 0 Å². The molecular formula is C9H20O3. The van der Waals surface area contributed by atoms with Crippen LogP contribution in [0.15, 0.2) is 0 Å². The van der Waals surface area contributed by atoms with E-state index in [2.05, 4.69) is 0 Å². The molecule has 0 spiro atoms. The Bertz CT molecular complexity index is 85.8. The van der Waals surface area contributed by atoms with Crippen LogP contribution in [-0.2, 0) is 0 Å². The molecule has 0 aromatic carbocycles. The van der Waals surface area contributed by atoms with E-state index < -0.39 is 0 Å². The van der Waals surface area contributed by atoms with Crippen LogP contribution < -0.4 is 0 Å². The van der Waals surface area contributed by atoms with E-state index in [-0.39, 0.29) is 19.8 Å². The summed E-state index contributed by atoms with van der Waals surface area (Å²) in [6.07, 6.45) is 4.39. The summed E-state index contributed by atoms with van der Waals surface area (Å²) < 4.78 is 0. The fourth-order valence-electron chi connectivity index (χ4n) is 1.25. The summed E-state index contributed by atoms with van der Waals surface area (Å²) in [5, 5.41) is 26.0. The lowest BCUT2D eigenvalue weighted by molar-refractivity contribution is 0.188. The van der Waals surface area contributed by atoms with Crippen LogP contribution in [0.2, 0.25) is 0 Å². The minimum absolute atomic E-state index is 0.200. The molecule has 3 nitrogen and oxygen atoms in total. The Balaban J connectivity index is 3.26. The van der Waals surface area contributed by atoms with Gasteiger partial charge in [-0.2, -0.15) is 0 Å². The van der Waals surface area contributed by atoms with Crippen LogP contribution in [0.5, 0.6) is 0 Å². The van der Waals surface area contributed by atoms with E-state index in [0.717, 1.165) is 32.1 Å². The molecule has 3 heteroatoms. The maximum Gasteiger partial charge on any atom is 0.0459 e. The molecule has 1 atom stereocenters. The van der Waals surface area contributed by atoms with Gasteiger partial charge in [-0.25, -0.2) is 0 Å². The van der Waals surface area contributed by atoms with Gasteiger partial charge in [0.15, 0.2) is 0 Å². The fourth-order valence-corrected chi connectivity index (χ4v) is 1.25. The first-order valence-corrected chi connectivity index (χ1v) is 4.67. The summed E-state index contributed by atoms with van der Waals surface area (Å²) in [6.45, 7) is 0.639. The van der Waals surface area contributed by atoms with Gasteiger partial charge in [-0.05, 0) is 31.6 Å². The number of aliphatic hydroxyl groups is 3. The molecule has 0 fully saturated rings. The van der Waals surface area contributed by atoms with Crippen molar-refractivity contribution >= 4 is 0 Å². The van der Waals surface area contributed by atoms with E-state index in [4.69, 9.17) is 15.3 Å². The molecule has 0 bridgehead atoms. The highest BCUT2D eigenvalue weighted by molar-refractivity contribution is 4.57. The third-order valence-corrected chi connectivity index (χ3v) is 2.05. The zero-order chi connectivity index (χ0) is 9.23. The molecule has 0 aliphatic carbocycles. The predicted octanol–water partition coefficient (Wildman–Crippen LogP) is 0.530. The van der Waals surface area contributed by atoms with Crippen LogP contribution >= 0.6 is 0 Å². The quantitative estimate of drug-likeness (QED) is 0.473. The van der Waals surface area contributed by atoms with Crippen molar-refractivity contribution in [2.24, 2.45) is 5.92 Å². The van der Waals surface area contributed by atoms with E-state index >= 15 is 0 Å². The van der Waals surface area contributed by atoms with Gasteiger partial charge in [0.1, 0.15) is 0 Å². The summed E-state index contributed by atoms with van der Waals surface area (Å²) in [4.78, 5) is 0. The lowest BCUT2D eigenvalue weighted by Crippen LogP contribution is -2.07. The van der Waals surface area contributed by atoms with Crippen molar-refractivity contribution in [3.8, 4) is 0 Å². The average Bonchev–Trinajstić information content (AvgIpc) is 2.11. The van der Waals surface area contributed by atoms with Gasteiger partial charge in [0.2, 0.25) is 0 Å². The van der Waals surface area contributed by atoms with Crippen LogP contribution in [0.1, 0.15) is 32.1 Å². The van der Waals surface area contributed by atoms with Gasteiger partial charge in [-0.1, -0.05) is 6.42 Å². The molecule has 0 rings (SSSR count). The Labute approximate surface area is 74.0 Å². The number of aliphatic hydroxyl groups excluding tert-OH is 3. The number of rotatable bonds is 8. The summed E-state index contributed by atoms with van der Waals surface area (Å²) in [5.74, 6) is 0.309. The Morgan fingerprint density at radius 2 is 1.33 bits per heavy atom. The third-order valence-electron chi connectivity index (χ3n) is 2.05. The summed E-state index contributed by atoms with van der Waals surface area (Å²) in [5.41, 5.74) is 0. The van der Waals surface area contributed by atoms with Crippen LogP contribution in [0.4, 0.5) is 0 Å². The van der Waals surface area contributed by atoms with Crippen molar-refractivity contribution in [1.29, 1.82) is 0 Å². The van der Waals surface area contributed by atoms with Gasteiger partial charge in [0.25, 0.3) is 0 Å². The van der Waals surface area contributed by atoms with Gasteiger partial charge in [-0.3, -0.25) is 0 Å². The molecule has 0 aromatic heterocycles. The van der Waals surface area contributed by atoms with Crippen molar-refractivity contribution in [3.05, 3.63) is 0 Å². The van der Waals surface area contributed by atoms with Gasteiger partial charge in [0, 0.05) is 19.8 Å². The molecule has 12 heavy (non-hydrogen) atoms. The first-order chi connectivity index (χ1) is 5.85. The highest BCUT2D eigenvalue weighted by Gasteiger charge is 2.05. The molecule has 74 valence electrons. The maximum atomic E-state index is 8.91. The summed E-state index contributed by atoms with van der Waals surface area (Å²) in [7, 11) is 0. The van der Waals surface area contributed by atoms with Crippen LogP contribution in [0, 0.1) is 5.92 Å². The summed E-state index contributed by atoms with van der Waals surface area (Å²) >= 11 is 0. The number of unbranched alkanes of at least 4 members (excludes halogenated alkanes) is 1. The molecule has 0 amide bonds. The van der Waals surface area contributed by atoms with Crippen LogP contribution in [0.3, 0.4) is 0 Å². The molecule has 0 aromatic rings. The zero-order valence-corrected chi connectivity index (χ0v) is 7.58. The summed E-state index contributed by atoms with van der Waals surface area (Å²) in [6, 6.07) is 0. The van der Waals surface area contributed by atoms with Crippen molar-refractivity contribution in [2.45, 2.75) is 32.1 Å². The van der Waals surface area contributed by atoms with Gasteiger partial charge >= 0.3 is 0 Å². The van der Waals surface area contributed by atoms with E-state index in [9.17, 15) is 0 Å². The van der Waals surface area contributed by atoms with Crippen molar-refractivity contribution in [1.82, 2.24) is 0 Å². The number of hydrogen-bond acceptors (Lipinski definition) is 3. The first-order valence-electron chi connectivity index (χ1n) is 4.67. The molecule has 1 unspecified atom stereocenters. The third kappa shape index (κ3) is 6.58. The maximum absolute atomic E-state index is 8.91. The van der Waals surface area contributed by atoms with Crippen LogP contribution in [0.25, 0.3) is 0 Å². The minimum Gasteiger partial charge on any atom is -0.396 e. The highest BCUT2D eigenvalue weighted by Crippen LogP contribution is 2.13. The van der Waals surface area contributed by atoms with E-state index in [1.807, 2.05) is 0 Å². The average molecular weight is 176 g/mol. The normalized spacial score (nSPS) is 13.2. The molecule has 0 saturated heterocycles. The highest BCUT2D eigenvalue weighted by atomic mass is 16.3. The topological polar surface area (TPSA) is 60.7 Å². The minimum atomic E-state index is 0.200. The van der Waals surface area contributed by atoms with Gasteiger partial charge in [0.05, 0.1) is 0 Å². The van der Waals surface area contributed by atoms with Gasteiger partial charge < -0.3 is 15.3 Å². The van der Waals surface area contributed by atoms with Crippen molar-refractivity contribution in [2.75, 3.05) is 19.8 Å². The lowest BCUT2D eigenvalue weighted by Gasteiger charge is -2.12. The predicted molar refractivity (Wildman–Crippen MR) is 47.8 cm³/mol. The molecular weight excluding hydrogens is 156 g/mol. The van der Waals surface area contributed by atoms with E-state index in [1.54, 1.807) is 0 Å². The Hall–Kier alpha value is -0.120. The Morgan fingerprint density at radius 3 is 1.83 bits per heavy atom. The molecule has 3 N–H and O–H groups in total. The largest absolute Gasteiger partial charge is 0.396 e. The van der Waals surface area contributed by atoms with E-state index in [0.29, 0.717) is 5.92 Å². The molecule has 0 aliphatic rings. The second-order valence-electron chi connectivity index (χ2n) is 3.13. The fraction of sp³-hybridized carbons (Fsp3) is 1.00. The first kappa shape index (κ1) is 11.9. The Morgan fingerprint density at radius 1 is 0.750 bits per heavy atom. The van der Waals surface area contributed by atoms with Crippen molar-refractivity contribution in [3.63, 3.8) is 0 Å². The SMILES string of the molecule is OCCCCC(CO)CCCO. The monoisotopic (exact) mass is 176 g/mol. The number of hydrogen-bond donors (Lipinski definition) is 3. The van der Waals surface area contributed by atoms with Crippen LogP contribution in [-0.4, -0.2) is 35.1 Å². The Kier molecular flexibility index (Phi) is 8.88. The van der Waals surface area contributed by atoms with Crippen molar-refractivity contribution < 1.29 is 15.3 Å². The zero-order valence-electron chi connectivity index (χ0n) is 7.58. The molecule has 0 radical (unpaired) electrons. The molecule has 0 heterocycles.